The number of aliphatic hydroxyl groups excluding tert-OH is 1. The molecule has 1 aromatic heterocycles. The number of carbonyl (C=O) groups excluding carboxylic acids is 2. The summed E-state index contributed by atoms with van der Waals surface area (Å²) in [5, 5.41) is 9.40. The van der Waals surface area contributed by atoms with E-state index in [1.807, 2.05) is 0 Å². The highest BCUT2D eigenvalue weighted by Gasteiger charge is 2.39. The Labute approximate surface area is 165 Å². The van der Waals surface area contributed by atoms with Gasteiger partial charge < -0.3 is 29.5 Å². The van der Waals surface area contributed by atoms with Gasteiger partial charge in [-0.1, -0.05) is 12.1 Å². The van der Waals surface area contributed by atoms with Crippen molar-refractivity contribution in [2.75, 3.05) is 13.7 Å². The van der Waals surface area contributed by atoms with Gasteiger partial charge in [0.2, 0.25) is 17.1 Å². The fourth-order valence-electron chi connectivity index (χ4n) is 3.03. The topological polar surface area (TPSA) is 138 Å². The van der Waals surface area contributed by atoms with E-state index in [1.165, 1.54) is 19.2 Å². The van der Waals surface area contributed by atoms with Gasteiger partial charge in [-0.25, -0.2) is 9.59 Å². The van der Waals surface area contributed by atoms with Crippen molar-refractivity contribution in [3.05, 3.63) is 74.7 Å². The van der Waals surface area contributed by atoms with E-state index in [0.29, 0.717) is 11.1 Å². The van der Waals surface area contributed by atoms with Crippen LogP contribution in [0.4, 0.5) is 0 Å². The number of carbonyl (C=O) groups is 2. The Balaban J connectivity index is 2.21. The highest BCUT2D eigenvalue weighted by atomic mass is 16.5. The molecule has 0 bridgehead atoms. The Kier molecular flexibility index (Phi) is 5.69. The Morgan fingerprint density at radius 3 is 2.48 bits per heavy atom. The number of ether oxygens (including phenoxy) is 3. The average Bonchev–Trinajstić information content (AvgIpc) is 2.72. The molecule has 1 atom stereocenters. The van der Waals surface area contributed by atoms with Crippen LogP contribution in [0.2, 0.25) is 0 Å². The van der Waals surface area contributed by atoms with E-state index in [2.05, 4.69) is 4.74 Å². The van der Waals surface area contributed by atoms with Gasteiger partial charge in [0, 0.05) is 6.07 Å². The van der Waals surface area contributed by atoms with Crippen LogP contribution in [0.5, 0.6) is 5.75 Å². The number of fused-ring (bicyclic) bond motifs is 1. The van der Waals surface area contributed by atoms with Crippen molar-refractivity contribution in [3.8, 4) is 5.75 Å². The molecule has 0 amide bonds. The number of hydrogen-bond acceptors (Lipinski definition) is 9. The first-order chi connectivity index (χ1) is 13.9. The van der Waals surface area contributed by atoms with Gasteiger partial charge in [0.15, 0.2) is 5.76 Å². The minimum Gasteiger partial charge on any atom is -0.465 e. The monoisotopic (exact) mass is 401 g/mol. The lowest BCUT2D eigenvalue weighted by molar-refractivity contribution is -0.139. The summed E-state index contributed by atoms with van der Waals surface area (Å²) in [6.07, 6.45) is 0. The predicted molar refractivity (Wildman–Crippen MR) is 99.0 cm³/mol. The van der Waals surface area contributed by atoms with E-state index < -0.39 is 29.9 Å². The molecule has 0 fully saturated rings. The van der Waals surface area contributed by atoms with Crippen molar-refractivity contribution in [2.45, 2.75) is 19.4 Å². The molecule has 1 aliphatic rings. The molecule has 2 aromatic rings. The Morgan fingerprint density at radius 1 is 1.21 bits per heavy atom. The van der Waals surface area contributed by atoms with Crippen LogP contribution in [0, 0.1) is 0 Å². The van der Waals surface area contributed by atoms with E-state index >= 15 is 0 Å². The smallest absolute Gasteiger partial charge is 0.340 e. The lowest BCUT2D eigenvalue weighted by Gasteiger charge is -2.27. The SMILES string of the molecule is CCOC(=O)C1=C(N)Oc2c(oc(CO)cc2=O)C1c1ccc(C(=O)OC)cc1. The normalized spacial score (nSPS) is 15.3. The van der Waals surface area contributed by atoms with Gasteiger partial charge in [0.1, 0.15) is 17.9 Å². The fraction of sp³-hybridized carbons (Fsp3) is 0.250. The summed E-state index contributed by atoms with van der Waals surface area (Å²) in [5.41, 5.74) is 6.12. The summed E-state index contributed by atoms with van der Waals surface area (Å²) in [6.45, 7) is 1.21. The molecule has 0 aliphatic carbocycles. The Bertz CT molecular complexity index is 1040. The van der Waals surface area contributed by atoms with Gasteiger partial charge in [-0.3, -0.25) is 4.79 Å². The molecular weight excluding hydrogens is 382 g/mol. The van der Waals surface area contributed by atoms with Crippen LogP contribution in [0.25, 0.3) is 0 Å². The summed E-state index contributed by atoms with van der Waals surface area (Å²) in [6, 6.07) is 7.24. The van der Waals surface area contributed by atoms with Crippen molar-refractivity contribution in [2.24, 2.45) is 5.73 Å². The zero-order valence-corrected chi connectivity index (χ0v) is 15.8. The number of nitrogens with two attached hydrogens (primary N) is 1. The second-order valence-electron chi connectivity index (χ2n) is 6.08. The summed E-state index contributed by atoms with van der Waals surface area (Å²) >= 11 is 0. The summed E-state index contributed by atoms with van der Waals surface area (Å²) in [7, 11) is 1.26. The van der Waals surface area contributed by atoms with Crippen LogP contribution in [0.3, 0.4) is 0 Å². The molecule has 1 unspecified atom stereocenters. The molecule has 29 heavy (non-hydrogen) atoms. The maximum absolute atomic E-state index is 12.6. The largest absolute Gasteiger partial charge is 0.465 e. The number of rotatable bonds is 5. The van der Waals surface area contributed by atoms with Gasteiger partial charge in [0.05, 0.1) is 25.2 Å². The first-order valence-electron chi connectivity index (χ1n) is 8.71. The maximum Gasteiger partial charge on any atom is 0.340 e. The fourth-order valence-corrected chi connectivity index (χ4v) is 3.03. The molecule has 1 aliphatic heterocycles. The molecule has 1 aromatic carbocycles. The molecule has 9 nitrogen and oxygen atoms in total. The molecule has 152 valence electrons. The van der Waals surface area contributed by atoms with Crippen LogP contribution in [-0.4, -0.2) is 30.8 Å². The first kappa shape index (κ1) is 20.2. The summed E-state index contributed by atoms with van der Waals surface area (Å²) in [4.78, 5) is 36.7. The molecule has 0 saturated heterocycles. The second-order valence-corrected chi connectivity index (χ2v) is 6.08. The first-order valence-corrected chi connectivity index (χ1v) is 8.71. The molecule has 0 saturated carbocycles. The van der Waals surface area contributed by atoms with Crippen molar-refractivity contribution in [3.63, 3.8) is 0 Å². The molecule has 0 radical (unpaired) electrons. The maximum atomic E-state index is 12.6. The minimum atomic E-state index is -0.941. The zero-order chi connectivity index (χ0) is 21.1. The predicted octanol–water partition coefficient (Wildman–Crippen LogP) is 1.18. The number of esters is 2. The van der Waals surface area contributed by atoms with Crippen molar-refractivity contribution in [1.82, 2.24) is 0 Å². The molecular formula is C20H19NO8. The summed E-state index contributed by atoms with van der Waals surface area (Å²) < 4.78 is 20.8. The molecule has 9 heteroatoms. The van der Waals surface area contributed by atoms with E-state index in [9.17, 15) is 19.5 Å². The number of benzene rings is 1. The lowest BCUT2D eigenvalue weighted by Crippen LogP contribution is -2.30. The molecule has 3 rings (SSSR count). The molecule has 3 N–H and O–H groups in total. The quantitative estimate of drug-likeness (QED) is 0.707. The Hall–Kier alpha value is -3.59. The highest BCUT2D eigenvalue weighted by Crippen LogP contribution is 2.41. The lowest BCUT2D eigenvalue weighted by atomic mass is 9.86. The number of hydrogen-bond donors (Lipinski definition) is 2. The van der Waals surface area contributed by atoms with Crippen molar-refractivity contribution >= 4 is 11.9 Å². The Morgan fingerprint density at radius 2 is 1.90 bits per heavy atom. The van der Waals surface area contributed by atoms with Gasteiger partial charge in [-0.2, -0.15) is 0 Å². The molecule has 0 spiro atoms. The summed E-state index contributed by atoms with van der Waals surface area (Å²) in [5.74, 6) is -2.68. The third-order valence-electron chi connectivity index (χ3n) is 4.33. The van der Waals surface area contributed by atoms with E-state index in [-0.39, 0.29) is 35.3 Å². The molecule has 2 heterocycles. The number of methoxy groups -OCH3 is 1. The van der Waals surface area contributed by atoms with Gasteiger partial charge in [-0.05, 0) is 24.6 Å². The van der Waals surface area contributed by atoms with Gasteiger partial charge in [-0.15, -0.1) is 0 Å². The van der Waals surface area contributed by atoms with Crippen LogP contribution >= 0.6 is 0 Å². The van der Waals surface area contributed by atoms with Crippen LogP contribution in [-0.2, 0) is 20.9 Å². The van der Waals surface area contributed by atoms with Crippen LogP contribution in [0.1, 0.15) is 40.3 Å². The van der Waals surface area contributed by atoms with Crippen molar-refractivity contribution < 1.29 is 33.3 Å². The average molecular weight is 401 g/mol. The third-order valence-corrected chi connectivity index (χ3v) is 4.33. The third kappa shape index (κ3) is 3.72. The van der Waals surface area contributed by atoms with E-state index in [0.717, 1.165) is 6.07 Å². The second kappa shape index (κ2) is 8.19. The zero-order valence-electron chi connectivity index (χ0n) is 15.8. The van der Waals surface area contributed by atoms with Crippen LogP contribution < -0.4 is 15.9 Å². The number of aliphatic hydroxyl groups is 1. The standard InChI is InChI=1S/C20H19NO8/c1-3-27-20(25)15-14(10-4-6-11(7-5-10)19(24)26-2)17-16(29-18(15)21)13(23)8-12(9-22)28-17/h4-8,14,22H,3,9,21H2,1-2H3. The van der Waals surface area contributed by atoms with Gasteiger partial charge in [0.25, 0.3) is 0 Å². The van der Waals surface area contributed by atoms with E-state index in [4.69, 9.17) is 19.6 Å². The minimum absolute atomic E-state index is 0.00258. The van der Waals surface area contributed by atoms with Crippen molar-refractivity contribution in [1.29, 1.82) is 0 Å². The van der Waals surface area contributed by atoms with Gasteiger partial charge >= 0.3 is 11.9 Å². The van der Waals surface area contributed by atoms with Crippen LogP contribution in [0.15, 0.2) is 51.0 Å². The van der Waals surface area contributed by atoms with E-state index in [1.54, 1.807) is 19.1 Å². The highest BCUT2D eigenvalue weighted by molar-refractivity contribution is 5.93.